The number of terminal acetylenes is 1. The molecule has 1 fully saturated rings. The van der Waals surface area contributed by atoms with E-state index in [2.05, 4.69) is 26.3 Å². The van der Waals surface area contributed by atoms with Gasteiger partial charge in [0.2, 0.25) is 11.9 Å². The molecule has 37 heavy (non-hydrogen) atoms. The first-order valence-corrected chi connectivity index (χ1v) is 12.1. The zero-order chi connectivity index (χ0) is 25.9. The number of rotatable bonds is 7. The lowest BCUT2D eigenvalue weighted by atomic mass is 10.1. The number of aryl methyl sites for hydroxylation is 1. The molecule has 188 valence electrons. The molecule has 1 atom stereocenters. The van der Waals surface area contributed by atoms with Crippen molar-refractivity contribution in [2.75, 3.05) is 39.0 Å². The smallest absolute Gasteiger partial charge is 0.236 e. The molecule has 4 aromatic rings. The minimum absolute atomic E-state index is 0.0784. The summed E-state index contributed by atoms with van der Waals surface area (Å²) in [4.78, 5) is 25.3. The maximum Gasteiger partial charge on any atom is 0.236 e. The lowest BCUT2D eigenvalue weighted by Crippen LogP contribution is -2.37. The number of anilines is 2. The summed E-state index contributed by atoms with van der Waals surface area (Å²) in [6.45, 7) is 1.66. The molecular weight excluding hydrogens is 466 g/mol. The fraction of sp³-hybridized carbons (Fsp3) is 0.286. The van der Waals surface area contributed by atoms with Crippen molar-refractivity contribution in [1.29, 1.82) is 0 Å². The first kappa shape index (κ1) is 24.3. The van der Waals surface area contributed by atoms with Gasteiger partial charge < -0.3 is 19.9 Å². The summed E-state index contributed by atoms with van der Waals surface area (Å²) in [6, 6.07) is 11.6. The van der Waals surface area contributed by atoms with Crippen LogP contribution < -0.4 is 10.1 Å². The van der Waals surface area contributed by atoms with Gasteiger partial charge in [0.1, 0.15) is 11.9 Å². The predicted molar refractivity (Wildman–Crippen MR) is 144 cm³/mol. The number of likely N-dealkylation sites (tertiary alicyclic amines) is 1. The molecule has 1 N–H and O–H groups in total. The van der Waals surface area contributed by atoms with Crippen molar-refractivity contribution in [3.8, 4) is 29.2 Å². The number of aromatic nitrogens is 4. The number of amides is 1. The highest BCUT2D eigenvalue weighted by atomic mass is 16.5. The number of hydrogen-bond acceptors (Lipinski definition) is 7. The highest BCUT2D eigenvalue weighted by Crippen LogP contribution is 2.31. The lowest BCUT2D eigenvalue weighted by molar-refractivity contribution is -0.131. The molecule has 0 aliphatic carbocycles. The Bertz CT molecular complexity index is 1490. The van der Waals surface area contributed by atoms with Crippen LogP contribution in [0, 0.1) is 12.3 Å². The van der Waals surface area contributed by atoms with Crippen LogP contribution in [0.3, 0.4) is 0 Å². The molecule has 2 aromatic heterocycles. The maximum absolute atomic E-state index is 12.5. The summed E-state index contributed by atoms with van der Waals surface area (Å²) >= 11 is 0. The van der Waals surface area contributed by atoms with Crippen molar-refractivity contribution < 1.29 is 9.53 Å². The molecule has 9 heteroatoms. The molecule has 3 heterocycles. The molecule has 1 aliphatic heterocycles. The Hall–Kier alpha value is -4.42. The lowest BCUT2D eigenvalue weighted by Gasteiger charge is -2.20. The van der Waals surface area contributed by atoms with Gasteiger partial charge >= 0.3 is 0 Å². The summed E-state index contributed by atoms with van der Waals surface area (Å²) < 4.78 is 8.13. The summed E-state index contributed by atoms with van der Waals surface area (Å²) in [5.74, 6) is 3.92. The van der Waals surface area contributed by atoms with Crippen molar-refractivity contribution in [2.24, 2.45) is 7.05 Å². The van der Waals surface area contributed by atoms with Gasteiger partial charge in [-0.05, 0) is 50.0 Å². The van der Waals surface area contributed by atoms with Crippen molar-refractivity contribution in [2.45, 2.75) is 12.5 Å². The molecular formula is C28H29N7O2. The van der Waals surface area contributed by atoms with Crippen LogP contribution in [0.4, 0.5) is 11.6 Å². The average molecular weight is 496 g/mol. The minimum atomic E-state index is -0.0784. The molecule has 9 nitrogen and oxygen atoms in total. The third kappa shape index (κ3) is 5.71. The third-order valence-electron chi connectivity index (χ3n) is 6.20. The van der Waals surface area contributed by atoms with Crippen LogP contribution in [-0.2, 0) is 11.8 Å². The van der Waals surface area contributed by atoms with Gasteiger partial charge in [0.05, 0.1) is 24.8 Å². The number of carbonyl (C=O) groups is 1. The Balaban J connectivity index is 1.39. The van der Waals surface area contributed by atoms with Gasteiger partial charge in [0.15, 0.2) is 0 Å². The fourth-order valence-electron chi connectivity index (χ4n) is 4.40. The minimum Gasteiger partial charge on any atom is -0.488 e. The number of likely N-dealkylation sites (N-methyl/N-ethyl adjacent to an activating group) is 1. The van der Waals surface area contributed by atoms with Crippen molar-refractivity contribution in [3.63, 3.8) is 0 Å². The normalized spacial score (nSPS) is 15.2. The van der Waals surface area contributed by atoms with E-state index < -0.39 is 0 Å². The third-order valence-corrected chi connectivity index (χ3v) is 6.20. The number of benzene rings is 2. The van der Waals surface area contributed by atoms with E-state index in [0.717, 1.165) is 39.7 Å². The zero-order valence-corrected chi connectivity index (χ0v) is 21.2. The Morgan fingerprint density at radius 3 is 2.84 bits per heavy atom. The van der Waals surface area contributed by atoms with Crippen LogP contribution >= 0.6 is 0 Å². The van der Waals surface area contributed by atoms with E-state index >= 15 is 0 Å². The molecule has 0 saturated carbocycles. The van der Waals surface area contributed by atoms with Crippen LogP contribution in [-0.4, -0.2) is 75.3 Å². The monoisotopic (exact) mass is 495 g/mol. The predicted octanol–water partition coefficient (Wildman–Crippen LogP) is 3.30. The summed E-state index contributed by atoms with van der Waals surface area (Å²) in [6.07, 6.45) is 11.7. The molecule has 5 rings (SSSR count). The summed E-state index contributed by atoms with van der Waals surface area (Å²) in [5, 5.41) is 8.50. The summed E-state index contributed by atoms with van der Waals surface area (Å²) in [7, 11) is 5.68. The molecule has 0 spiro atoms. The van der Waals surface area contributed by atoms with Gasteiger partial charge in [-0.1, -0.05) is 5.92 Å². The number of carbonyl (C=O) groups excluding carboxylic acids is 1. The molecule has 1 saturated heterocycles. The van der Waals surface area contributed by atoms with Crippen LogP contribution in [0.2, 0.25) is 0 Å². The average Bonchev–Trinajstić information content (AvgIpc) is 3.52. The van der Waals surface area contributed by atoms with Crippen LogP contribution in [0.1, 0.15) is 12.0 Å². The molecule has 0 bridgehead atoms. The Morgan fingerprint density at radius 2 is 2.08 bits per heavy atom. The maximum atomic E-state index is 12.5. The van der Waals surface area contributed by atoms with Gasteiger partial charge in [-0.15, -0.1) is 6.42 Å². The number of nitrogens with one attached hydrogen (secondary N) is 1. The van der Waals surface area contributed by atoms with E-state index in [1.165, 1.54) is 0 Å². The van der Waals surface area contributed by atoms with Crippen molar-refractivity contribution in [3.05, 3.63) is 60.6 Å². The first-order chi connectivity index (χ1) is 17.9. The van der Waals surface area contributed by atoms with E-state index in [1.54, 1.807) is 10.9 Å². The second kappa shape index (κ2) is 10.3. The van der Waals surface area contributed by atoms with Crippen LogP contribution in [0.5, 0.6) is 5.75 Å². The topological polar surface area (TPSA) is 88.4 Å². The second-order valence-electron chi connectivity index (χ2n) is 9.49. The highest BCUT2D eigenvalue weighted by molar-refractivity contribution is 5.81. The quantitative estimate of drug-likeness (QED) is 0.394. The van der Waals surface area contributed by atoms with E-state index in [1.807, 2.05) is 79.7 Å². The molecule has 1 amide bonds. The van der Waals surface area contributed by atoms with Crippen molar-refractivity contribution >= 4 is 28.4 Å². The van der Waals surface area contributed by atoms with E-state index in [4.69, 9.17) is 11.2 Å². The Kier molecular flexibility index (Phi) is 6.75. The molecule has 1 aliphatic rings. The van der Waals surface area contributed by atoms with Crippen LogP contribution in [0.25, 0.3) is 22.0 Å². The number of fused-ring (bicyclic) bond motifs is 1. The van der Waals surface area contributed by atoms with E-state index in [-0.39, 0.29) is 12.0 Å². The van der Waals surface area contributed by atoms with Gasteiger partial charge in [-0.3, -0.25) is 9.48 Å². The fourth-order valence-corrected chi connectivity index (χ4v) is 4.40. The first-order valence-electron chi connectivity index (χ1n) is 12.1. The van der Waals surface area contributed by atoms with Crippen LogP contribution in [0.15, 0.2) is 55.0 Å². The van der Waals surface area contributed by atoms with E-state index in [9.17, 15) is 4.79 Å². The van der Waals surface area contributed by atoms with Crippen molar-refractivity contribution in [1.82, 2.24) is 29.5 Å². The standard InChI is InChI=1S/C28H29N7O2/c1-5-19-6-7-26-21(10-19)14-29-28(32-26)31-23-11-20(22-15-30-34(4)16-22)12-25(13-23)37-24-8-9-35(17-24)27(36)18-33(2)3/h1,6-7,10-16,24H,8-9,17-18H2,2-4H3,(H,29,31,32)/t24-/m0/s1. The van der Waals surface area contributed by atoms with E-state index in [0.29, 0.717) is 31.3 Å². The Labute approximate surface area is 216 Å². The van der Waals surface area contributed by atoms with Gasteiger partial charge in [0.25, 0.3) is 0 Å². The number of ether oxygens (including phenoxy) is 1. The van der Waals surface area contributed by atoms with Gasteiger partial charge in [-0.25, -0.2) is 9.97 Å². The van der Waals surface area contributed by atoms with Gasteiger partial charge in [0, 0.05) is 60.7 Å². The molecule has 2 aromatic carbocycles. The molecule has 0 radical (unpaired) electrons. The number of hydrogen-bond donors (Lipinski definition) is 1. The SMILES string of the molecule is C#Cc1ccc2nc(Nc3cc(O[C@H]4CCN(C(=O)CN(C)C)C4)cc(-c4cnn(C)c4)c3)ncc2c1. The zero-order valence-electron chi connectivity index (χ0n) is 21.2. The Morgan fingerprint density at radius 1 is 1.22 bits per heavy atom. The number of nitrogens with zero attached hydrogens (tertiary/aromatic N) is 6. The molecule has 0 unspecified atom stereocenters. The second-order valence-corrected chi connectivity index (χ2v) is 9.49. The summed E-state index contributed by atoms with van der Waals surface area (Å²) in [5.41, 5.74) is 4.29. The largest absolute Gasteiger partial charge is 0.488 e. The van der Waals surface area contributed by atoms with Gasteiger partial charge in [-0.2, -0.15) is 5.10 Å². The highest BCUT2D eigenvalue weighted by Gasteiger charge is 2.28.